The first kappa shape index (κ1) is 23.8. The van der Waals surface area contributed by atoms with Crippen LogP contribution in [0.15, 0.2) is 11.0 Å². The monoisotopic (exact) mass is 461 g/mol. The Morgan fingerprint density at radius 3 is 2.60 bits per heavy atom. The number of ether oxygens (including phenoxy) is 2. The van der Waals surface area contributed by atoms with E-state index in [4.69, 9.17) is 36.1 Å². The number of aromatic nitrogens is 2. The van der Waals surface area contributed by atoms with Crippen molar-refractivity contribution in [3.05, 3.63) is 22.2 Å². The number of hydrogen-bond donors (Lipinski definition) is 2. The Bertz CT molecular complexity index is 924. The molecule has 170 valence electrons. The van der Waals surface area contributed by atoms with Crippen LogP contribution in [0, 0.1) is 12.3 Å². The number of hydrogen-bond acceptors (Lipinski definition) is 8. The summed E-state index contributed by atoms with van der Waals surface area (Å²) in [5.41, 5.74) is 4.15. The molecule has 0 saturated carbocycles. The summed E-state index contributed by atoms with van der Waals surface area (Å²) in [7, 11) is 0. The van der Waals surface area contributed by atoms with Gasteiger partial charge < -0.3 is 24.6 Å². The van der Waals surface area contributed by atoms with E-state index in [1.165, 1.54) is 4.57 Å². The van der Waals surface area contributed by atoms with Crippen LogP contribution in [0.25, 0.3) is 0 Å². The van der Waals surface area contributed by atoms with Crippen LogP contribution in [0.2, 0.25) is 0 Å². The molecule has 2 saturated heterocycles. The Balaban J connectivity index is 2.00. The fourth-order valence-electron chi connectivity index (χ4n) is 4.08. The highest BCUT2D eigenvalue weighted by atomic mass is 32.5. The molecular weight excluding hydrogens is 429 g/mol. The van der Waals surface area contributed by atoms with Crippen LogP contribution in [0.5, 0.6) is 0 Å². The minimum absolute atomic E-state index is 0.141. The minimum Gasteiger partial charge on any atom is -0.383 e. The van der Waals surface area contributed by atoms with Crippen molar-refractivity contribution in [3.8, 4) is 0 Å². The van der Waals surface area contributed by atoms with E-state index in [0.29, 0.717) is 12.0 Å². The largest absolute Gasteiger partial charge is 0.383 e. The first-order valence-corrected chi connectivity index (χ1v) is 12.5. The summed E-state index contributed by atoms with van der Waals surface area (Å²) in [5, 5.41) is 0. The second-order valence-corrected chi connectivity index (χ2v) is 13.0. The van der Waals surface area contributed by atoms with Gasteiger partial charge in [0.05, 0.1) is 12.2 Å². The van der Waals surface area contributed by atoms with Gasteiger partial charge in [-0.05, 0) is 51.3 Å². The van der Waals surface area contributed by atoms with Gasteiger partial charge in [0.1, 0.15) is 23.6 Å². The lowest BCUT2D eigenvalue weighted by Crippen LogP contribution is -2.45. The molecule has 3 heterocycles. The quantitative estimate of drug-likeness (QED) is 0.638. The molecule has 2 bridgehead atoms. The molecule has 0 aliphatic carbocycles. The van der Waals surface area contributed by atoms with E-state index < -0.39 is 42.0 Å². The average molecular weight is 462 g/mol. The topological polar surface area (TPSA) is 118 Å². The molecule has 3 unspecified atom stereocenters. The molecule has 11 heteroatoms. The van der Waals surface area contributed by atoms with Crippen LogP contribution >= 0.6 is 6.72 Å². The van der Waals surface area contributed by atoms with Crippen molar-refractivity contribution in [2.24, 2.45) is 5.41 Å². The maximum Gasteiger partial charge on any atom is 0.351 e. The van der Waals surface area contributed by atoms with Gasteiger partial charge in [0.25, 0.3) is 0 Å². The van der Waals surface area contributed by atoms with Gasteiger partial charge in [-0.15, -0.1) is 0 Å². The zero-order valence-corrected chi connectivity index (χ0v) is 20.3. The third-order valence-electron chi connectivity index (χ3n) is 4.89. The summed E-state index contributed by atoms with van der Waals surface area (Å²) < 4.78 is 25.4. The summed E-state index contributed by atoms with van der Waals surface area (Å²) in [5.74, 6) is 0.168. The third kappa shape index (κ3) is 4.96. The zero-order valence-electron chi connectivity index (χ0n) is 18.5. The van der Waals surface area contributed by atoms with E-state index in [9.17, 15) is 9.69 Å². The molecular formula is C19H32N3O6PS. The molecule has 0 radical (unpaired) electrons. The summed E-state index contributed by atoms with van der Waals surface area (Å²) >= 11 is 5.29. The first-order chi connectivity index (χ1) is 13.5. The van der Waals surface area contributed by atoms with E-state index in [1.807, 2.05) is 0 Å². The summed E-state index contributed by atoms with van der Waals surface area (Å²) in [6, 6.07) is 0. The van der Waals surface area contributed by atoms with E-state index in [0.717, 1.165) is 0 Å². The lowest BCUT2D eigenvalue weighted by Gasteiger charge is -2.37. The zero-order chi connectivity index (χ0) is 22.7. The number of fused-ring (bicyclic) bond motifs is 2. The maximum atomic E-state index is 12.5. The molecule has 5 atom stereocenters. The van der Waals surface area contributed by atoms with Gasteiger partial charge in [-0.25, -0.2) is 4.79 Å². The summed E-state index contributed by atoms with van der Waals surface area (Å²) in [6.45, 7) is 10.0. The average Bonchev–Trinajstić information content (AvgIpc) is 2.96. The highest BCUT2D eigenvalue weighted by molar-refractivity contribution is 8.07. The molecule has 1 aromatic heterocycles. The van der Waals surface area contributed by atoms with Crippen LogP contribution in [0.4, 0.5) is 5.82 Å². The molecule has 0 spiro atoms. The second-order valence-electron chi connectivity index (χ2n) is 10.3. The summed E-state index contributed by atoms with van der Waals surface area (Å²) in [4.78, 5) is 27.2. The first-order valence-electron chi connectivity index (χ1n) is 9.89. The van der Waals surface area contributed by atoms with E-state index in [2.05, 4.69) is 25.8 Å². The van der Waals surface area contributed by atoms with Gasteiger partial charge in [-0.2, -0.15) is 4.98 Å². The van der Waals surface area contributed by atoms with E-state index >= 15 is 0 Å². The van der Waals surface area contributed by atoms with Crippen LogP contribution in [0.3, 0.4) is 0 Å². The van der Waals surface area contributed by atoms with Crippen molar-refractivity contribution in [1.29, 1.82) is 0 Å². The number of rotatable bonds is 5. The van der Waals surface area contributed by atoms with Gasteiger partial charge in [0.2, 0.25) is 0 Å². The van der Waals surface area contributed by atoms with Gasteiger partial charge in [-0.1, -0.05) is 20.8 Å². The number of nitrogen functional groups attached to an aromatic ring is 1. The minimum atomic E-state index is -3.60. The Hall–Kier alpha value is -0.870. The number of nitrogens with two attached hydrogens (primary N) is 1. The Kier molecular flexibility index (Phi) is 6.04. The fourth-order valence-corrected chi connectivity index (χ4v) is 6.36. The molecule has 2 aliphatic heterocycles. The standard InChI is InChI=1S/C19H32N3O6PS/c1-11-8-22(16(23)21-14(11)20)15-12-13(27-29(24,30)28-18(5,6)7)19(26-15,10-25-12)9-17(2,3)4/h8,12-13,15H,9-10H2,1-7H3,(H,24,30)(H2,20,21,23)/t12?,13?,15-,19+,29?/m1/s1. The van der Waals surface area contributed by atoms with Crippen LogP contribution in [0.1, 0.15) is 59.8 Å². The highest BCUT2D eigenvalue weighted by Gasteiger charge is 2.65. The van der Waals surface area contributed by atoms with Crippen LogP contribution < -0.4 is 11.4 Å². The molecule has 9 nitrogen and oxygen atoms in total. The Morgan fingerprint density at radius 2 is 2.03 bits per heavy atom. The predicted molar refractivity (Wildman–Crippen MR) is 117 cm³/mol. The normalized spacial score (nSPS) is 31.1. The summed E-state index contributed by atoms with van der Waals surface area (Å²) in [6.07, 6.45) is 0.0215. The van der Waals surface area contributed by atoms with Gasteiger partial charge >= 0.3 is 12.4 Å². The van der Waals surface area contributed by atoms with Crippen LogP contribution in [-0.2, 0) is 30.3 Å². The van der Waals surface area contributed by atoms with E-state index in [1.54, 1.807) is 33.9 Å². The fraction of sp³-hybridized carbons (Fsp3) is 0.789. The number of nitrogens with zero attached hydrogens (tertiary/aromatic N) is 2. The SMILES string of the molecule is Cc1cn([C@@H]2O[C@@]3(CC(C)(C)C)COC2C3OP(O)(=S)OC(C)(C)C)c(=O)nc1N. The van der Waals surface area contributed by atoms with Crippen molar-refractivity contribution >= 4 is 24.3 Å². The molecule has 0 aromatic carbocycles. The van der Waals surface area contributed by atoms with Crippen molar-refractivity contribution < 1.29 is 23.4 Å². The molecule has 2 fully saturated rings. The molecule has 0 amide bonds. The van der Waals surface area contributed by atoms with Crippen molar-refractivity contribution in [2.45, 2.75) is 84.5 Å². The molecule has 30 heavy (non-hydrogen) atoms. The Labute approximate surface area is 182 Å². The van der Waals surface area contributed by atoms with Crippen LogP contribution in [-0.4, -0.2) is 44.5 Å². The number of anilines is 1. The van der Waals surface area contributed by atoms with E-state index in [-0.39, 0.29) is 17.8 Å². The smallest absolute Gasteiger partial charge is 0.351 e. The van der Waals surface area contributed by atoms with Crippen molar-refractivity contribution in [2.75, 3.05) is 12.3 Å². The molecule has 2 aliphatic rings. The van der Waals surface area contributed by atoms with Crippen molar-refractivity contribution in [1.82, 2.24) is 9.55 Å². The molecule has 3 rings (SSSR count). The second kappa shape index (κ2) is 7.62. The lowest BCUT2D eigenvalue weighted by atomic mass is 9.80. The maximum absolute atomic E-state index is 12.5. The Morgan fingerprint density at radius 1 is 1.40 bits per heavy atom. The number of aryl methyl sites for hydroxylation is 1. The third-order valence-corrected chi connectivity index (χ3v) is 6.64. The van der Waals surface area contributed by atoms with Gasteiger partial charge in [-0.3, -0.25) is 9.09 Å². The van der Waals surface area contributed by atoms with Crippen molar-refractivity contribution in [3.63, 3.8) is 0 Å². The molecule has 3 N–H and O–H groups in total. The van der Waals surface area contributed by atoms with Gasteiger partial charge in [0.15, 0.2) is 6.23 Å². The predicted octanol–water partition coefficient (Wildman–Crippen LogP) is 2.65. The molecule has 1 aromatic rings. The highest BCUT2D eigenvalue weighted by Crippen LogP contribution is 2.58. The lowest BCUT2D eigenvalue weighted by molar-refractivity contribution is -0.184. The van der Waals surface area contributed by atoms with Gasteiger partial charge in [0, 0.05) is 11.8 Å².